The van der Waals surface area contributed by atoms with Crippen LogP contribution in [0.3, 0.4) is 0 Å². The fraction of sp³-hybridized carbons (Fsp3) is 0.0769. The number of para-hydroxylation sites is 2. The number of anilines is 2. The van der Waals surface area contributed by atoms with Crippen LogP contribution in [0.5, 0.6) is 5.75 Å². The molecule has 3 aromatic rings. The molecule has 0 aliphatic carbocycles. The molecular formula is C26H20ClN3O5. The Morgan fingerprint density at radius 2 is 1.77 bits per heavy atom. The largest absolute Gasteiger partial charge is 0.483 e. The number of amides is 5. The predicted molar refractivity (Wildman–Crippen MR) is 132 cm³/mol. The number of hydrogen-bond acceptors (Lipinski definition) is 5. The topological polar surface area (TPSA) is 105 Å². The van der Waals surface area contributed by atoms with E-state index in [1.54, 1.807) is 42.5 Å². The van der Waals surface area contributed by atoms with Crippen LogP contribution in [-0.2, 0) is 14.4 Å². The molecule has 1 aliphatic heterocycles. The summed E-state index contributed by atoms with van der Waals surface area (Å²) in [7, 11) is 0. The first-order chi connectivity index (χ1) is 16.8. The van der Waals surface area contributed by atoms with Gasteiger partial charge in [-0.3, -0.25) is 19.7 Å². The summed E-state index contributed by atoms with van der Waals surface area (Å²) in [6.07, 6.45) is 1.32. The van der Waals surface area contributed by atoms with E-state index in [1.165, 1.54) is 18.2 Å². The van der Waals surface area contributed by atoms with Gasteiger partial charge in [0.15, 0.2) is 6.61 Å². The van der Waals surface area contributed by atoms with Crippen molar-refractivity contribution in [1.29, 1.82) is 0 Å². The maximum atomic E-state index is 13.1. The van der Waals surface area contributed by atoms with Crippen LogP contribution in [0.15, 0.2) is 78.4 Å². The highest BCUT2D eigenvalue weighted by Crippen LogP contribution is 2.27. The van der Waals surface area contributed by atoms with E-state index in [0.29, 0.717) is 16.3 Å². The van der Waals surface area contributed by atoms with Crippen molar-refractivity contribution >= 4 is 52.8 Å². The number of barbiturate groups is 1. The van der Waals surface area contributed by atoms with Gasteiger partial charge < -0.3 is 10.1 Å². The first kappa shape index (κ1) is 23.7. The summed E-state index contributed by atoms with van der Waals surface area (Å²) in [5.41, 5.74) is 1.91. The van der Waals surface area contributed by atoms with E-state index in [0.717, 1.165) is 10.5 Å². The summed E-state index contributed by atoms with van der Waals surface area (Å²) in [4.78, 5) is 51.2. The van der Waals surface area contributed by atoms with Crippen LogP contribution < -0.4 is 20.3 Å². The number of urea groups is 1. The molecule has 2 N–H and O–H groups in total. The fourth-order valence-electron chi connectivity index (χ4n) is 3.44. The van der Waals surface area contributed by atoms with E-state index in [4.69, 9.17) is 16.3 Å². The number of imide groups is 2. The van der Waals surface area contributed by atoms with Gasteiger partial charge in [-0.2, -0.15) is 0 Å². The summed E-state index contributed by atoms with van der Waals surface area (Å²) in [5.74, 6) is -1.74. The summed E-state index contributed by atoms with van der Waals surface area (Å²) in [6, 6.07) is 19.2. The minimum absolute atomic E-state index is 0.218. The lowest BCUT2D eigenvalue weighted by Crippen LogP contribution is -2.54. The van der Waals surface area contributed by atoms with E-state index in [-0.39, 0.29) is 29.5 Å². The number of benzene rings is 3. The zero-order valence-electron chi connectivity index (χ0n) is 18.6. The van der Waals surface area contributed by atoms with Crippen molar-refractivity contribution in [1.82, 2.24) is 5.32 Å². The maximum Gasteiger partial charge on any atom is 0.335 e. The van der Waals surface area contributed by atoms with E-state index < -0.39 is 17.8 Å². The van der Waals surface area contributed by atoms with Gasteiger partial charge in [0.2, 0.25) is 0 Å². The van der Waals surface area contributed by atoms with E-state index in [9.17, 15) is 19.2 Å². The number of rotatable bonds is 6. The van der Waals surface area contributed by atoms with Crippen molar-refractivity contribution < 1.29 is 23.9 Å². The predicted octanol–water partition coefficient (Wildman–Crippen LogP) is 4.33. The Hall–Kier alpha value is -4.43. The molecule has 0 saturated carbocycles. The van der Waals surface area contributed by atoms with Gasteiger partial charge in [-0.15, -0.1) is 0 Å². The van der Waals surface area contributed by atoms with Gasteiger partial charge in [0, 0.05) is 16.3 Å². The minimum atomic E-state index is -0.878. The van der Waals surface area contributed by atoms with Crippen LogP contribution in [0, 0.1) is 6.92 Å². The third-order valence-corrected chi connectivity index (χ3v) is 5.40. The maximum absolute atomic E-state index is 13.1. The Kier molecular flexibility index (Phi) is 6.93. The molecule has 35 heavy (non-hydrogen) atoms. The Morgan fingerprint density at radius 3 is 2.54 bits per heavy atom. The second-order valence-electron chi connectivity index (χ2n) is 7.63. The van der Waals surface area contributed by atoms with Gasteiger partial charge in [-0.1, -0.05) is 54.1 Å². The monoisotopic (exact) mass is 489 g/mol. The molecule has 5 amide bonds. The molecule has 1 saturated heterocycles. The normalized spacial score (nSPS) is 14.6. The number of halogens is 1. The molecule has 0 spiro atoms. The number of nitrogens with one attached hydrogen (secondary N) is 2. The fourth-order valence-corrected chi connectivity index (χ4v) is 3.62. The molecule has 0 bridgehead atoms. The molecule has 1 aliphatic rings. The Bertz CT molecular complexity index is 1370. The molecule has 9 heteroatoms. The van der Waals surface area contributed by atoms with E-state index in [1.807, 2.05) is 25.1 Å². The second-order valence-corrected chi connectivity index (χ2v) is 8.06. The lowest BCUT2D eigenvalue weighted by Gasteiger charge is -2.26. The van der Waals surface area contributed by atoms with Crippen LogP contribution >= 0.6 is 11.6 Å². The van der Waals surface area contributed by atoms with Crippen LogP contribution in [-0.4, -0.2) is 30.4 Å². The number of carbonyl (C=O) groups excluding carboxylic acids is 4. The molecule has 1 heterocycles. The van der Waals surface area contributed by atoms with Crippen molar-refractivity contribution in [2.24, 2.45) is 0 Å². The third-order valence-electron chi connectivity index (χ3n) is 5.16. The van der Waals surface area contributed by atoms with Crippen molar-refractivity contribution in [3.8, 4) is 5.75 Å². The van der Waals surface area contributed by atoms with Crippen LogP contribution in [0.2, 0.25) is 5.02 Å². The van der Waals surface area contributed by atoms with Crippen molar-refractivity contribution in [3.05, 3.63) is 94.5 Å². The Labute approximate surface area is 206 Å². The van der Waals surface area contributed by atoms with Gasteiger partial charge in [0.05, 0.1) is 5.69 Å². The van der Waals surface area contributed by atoms with Gasteiger partial charge in [-0.25, -0.2) is 9.69 Å². The number of ether oxygens (including phenoxy) is 1. The minimum Gasteiger partial charge on any atom is -0.483 e. The number of nitrogens with zero attached hydrogens (tertiary/aromatic N) is 1. The quantitative estimate of drug-likeness (QED) is 0.396. The van der Waals surface area contributed by atoms with Gasteiger partial charge in [-0.05, 0) is 48.9 Å². The lowest BCUT2D eigenvalue weighted by molar-refractivity contribution is -0.122. The molecule has 0 aromatic heterocycles. The first-order valence-electron chi connectivity index (χ1n) is 10.6. The number of aryl methyl sites for hydroxylation is 1. The highest BCUT2D eigenvalue weighted by Gasteiger charge is 2.37. The zero-order valence-corrected chi connectivity index (χ0v) is 19.3. The average molecular weight is 490 g/mol. The number of hydrogen-bond donors (Lipinski definition) is 2. The van der Waals surface area contributed by atoms with Gasteiger partial charge in [0.25, 0.3) is 17.7 Å². The molecular weight excluding hydrogens is 470 g/mol. The summed E-state index contributed by atoms with van der Waals surface area (Å²) >= 11 is 5.99. The van der Waals surface area contributed by atoms with Crippen LogP contribution in [0.4, 0.5) is 16.2 Å². The molecule has 176 valence electrons. The second kappa shape index (κ2) is 10.2. The number of carbonyl (C=O) groups is 4. The van der Waals surface area contributed by atoms with Crippen molar-refractivity contribution in [2.45, 2.75) is 6.92 Å². The molecule has 0 unspecified atom stereocenters. The van der Waals surface area contributed by atoms with E-state index >= 15 is 0 Å². The highest BCUT2D eigenvalue weighted by atomic mass is 35.5. The molecule has 3 aromatic carbocycles. The first-order valence-corrected chi connectivity index (χ1v) is 11.0. The SMILES string of the molecule is Cc1ccccc1NC(=O)COc1ccccc1/C=C1\C(=O)NC(=O)N(c2cccc(Cl)c2)C1=O. The van der Waals surface area contributed by atoms with Gasteiger partial charge >= 0.3 is 6.03 Å². The molecule has 0 radical (unpaired) electrons. The lowest BCUT2D eigenvalue weighted by atomic mass is 10.1. The highest BCUT2D eigenvalue weighted by molar-refractivity contribution is 6.39. The smallest absolute Gasteiger partial charge is 0.335 e. The summed E-state index contributed by atoms with van der Waals surface area (Å²) < 4.78 is 5.67. The third kappa shape index (κ3) is 5.39. The standard InChI is InChI=1S/C26H20ClN3O5/c1-16-7-2-4-11-21(16)28-23(31)15-35-22-12-5-3-8-17(22)13-20-24(32)29-26(34)30(25(20)33)19-10-6-9-18(27)14-19/h2-14H,15H2,1H3,(H,28,31)(H,29,32,34)/b20-13+. The molecule has 0 atom stereocenters. The average Bonchev–Trinajstić information content (AvgIpc) is 2.82. The van der Waals surface area contributed by atoms with Gasteiger partial charge in [0.1, 0.15) is 11.3 Å². The van der Waals surface area contributed by atoms with Crippen molar-refractivity contribution in [3.63, 3.8) is 0 Å². The Balaban J connectivity index is 1.55. The Morgan fingerprint density at radius 1 is 1.03 bits per heavy atom. The molecule has 1 fully saturated rings. The van der Waals surface area contributed by atoms with E-state index in [2.05, 4.69) is 10.6 Å². The summed E-state index contributed by atoms with van der Waals surface area (Å²) in [6.45, 7) is 1.59. The molecule has 4 rings (SSSR count). The zero-order chi connectivity index (χ0) is 24.9. The summed E-state index contributed by atoms with van der Waals surface area (Å²) in [5, 5.41) is 5.26. The van der Waals surface area contributed by atoms with Crippen LogP contribution in [0.25, 0.3) is 6.08 Å². The molecule has 8 nitrogen and oxygen atoms in total. The van der Waals surface area contributed by atoms with Crippen LogP contribution in [0.1, 0.15) is 11.1 Å². The van der Waals surface area contributed by atoms with Crippen molar-refractivity contribution in [2.75, 3.05) is 16.8 Å².